The van der Waals surface area contributed by atoms with E-state index in [2.05, 4.69) is 10.4 Å². The Morgan fingerprint density at radius 3 is 3.06 bits per heavy atom. The highest BCUT2D eigenvalue weighted by Gasteiger charge is 2.13. The van der Waals surface area contributed by atoms with Crippen molar-refractivity contribution in [2.75, 3.05) is 11.9 Å². The molecule has 1 aromatic carbocycles. The summed E-state index contributed by atoms with van der Waals surface area (Å²) >= 11 is 6.04. The van der Waals surface area contributed by atoms with Crippen molar-refractivity contribution in [3.8, 4) is 0 Å². The number of rotatable bonds is 2. The summed E-state index contributed by atoms with van der Waals surface area (Å²) in [6.45, 7) is -0.581. The lowest BCUT2D eigenvalue weighted by atomic mass is 10.2. The smallest absolute Gasteiger partial charge is 0.251 e. The van der Waals surface area contributed by atoms with E-state index in [1.807, 2.05) is 12.1 Å². The minimum absolute atomic E-state index is 0.363. The van der Waals surface area contributed by atoms with Crippen molar-refractivity contribution in [2.24, 2.45) is 7.05 Å². The fourth-order valence-corrected chi connectivity index (χ4v) is 1.79. The van der Waals surface area contributed by atoms with Gasteiger partial charge in [-0.1, -0.05) is 17.7 Å². The highest BCUT2D eigenvalue weighted by atomic mass is 35.5. The monoisotopic (exact) mass is 239 g/mol. The number of aliphatic hydroxyl groups is 1. The summed E-state index contributed by atoms with van der Waals surface area (Å²) in [6.07, 6.45) is 0. The van der Waals surface area contributed by atoms with Crippen LogP contribution in [-0.4, -0.2) is 27.4 Å². The number of aryl methyl sites for hydroxylation is 1. The summed E-state index contributed by atoms with van der Waals surface area (Å²) in [7, 11) is 1.76. The molecule has 5 nitrogen and oxygen atoms in total. The highest BCUT2D eigenvalue weighted by Crippen LogP contribution is 2.29. The molecule has 1 amide bonds. The van der Waals surface area contributed by atoms with Gasteiger partial charge in [0.1, 0.15) is 6.61 Å². The van der Waals surface area contributed by atoms with Crippen LogP contribution in [-0.2, 0) is 11.8 Å². The van der Waals surface area contributed by atoms with Gasteiger partial charge in [0.2, 0.25) is 0 Å². The maximum atomic E-state index is 11.1. The molecule has 2 N–H and O–H groups in total. The zero-order valence-electron chi connectivity index (χ0n) is 8.57. The van der Waals surface area contributed by atoms with Gasteiger partial charge in [-0.15, -0.1) is 0 Å². The Kier molecular flexibility index (Phi) is 2.80. The van der Waals surface area contributed by atoms with Gasteiger partial charge < -0.3 is 10.4 Å². The Balaban J connectivity index is 2.57. The van der Waals surface area contributed by atoms with Gasteiger partial charge in [0.05, 0.1) is 15.9 Å². The van der Waals surface area contributed by atoms with Crippen LogP contribution in [0.4, 0.5) is 5.82 Å². The lowest BCUT2D eigenvalue weighted by Crippen LogP contribution is -2.16. The summed E-state index contributed by atoms with van der Waals surface area (Å²) in [6, 6.07) is 5.38. The molecule has 0 fully saturated rings. The maximum absolute atomic E-state index is 11.1. The molecule has 0 aliphatic heterocycles. The van der Waals surface area contributed by atoms with Gasteiger partial charge in [-0.2, -0.15) is 5.10 Å². The van der Waals surface area contributed by atoms with E-state index < -0.39 is 12.5 Å². The number of halogens is 1. The Labute approximate surface area is 96.6 Å². The zero-order chi connectivity index (χ0) is 11.7. The van der Waals surface area contributed by atoms with Crippen LogP contribution in [0, 0.1) is 0 Å². The van der Waals surface area contributed by atoms with Crippen molar-refractivity contribution in [3.63, 3.8) is 0 Å². The van der Waals surface area contributed by atoms with E-state index >= 15 is 0 Å². The first-order valence-corrected chi connectivity index (χ1v) is 5.03. The second-order valence-corrected chi connectivity index (χ2v) is 3.72. The van der Waals surface area contributed by atoms with Gasteiger partial charge >= 0.3 is 0 Å². The van der Waals surface area contributed by atoms with Crippen molar-refractivity contribution >= 4 is 34.2 Å². The molecule has 2 rings (SSSR count). The number of nitrogens with zero attached hydrogens (tertiary/aromatic N) is 2. The van der Waals surface area contributed by atoms with Crippen LogP contribution in [0.15, 0.2) is 18.2 Å². The summed E-state index contributed by atoms with van der Waals surface area (Å²) in [4.78, 5) is 11.1. The molecule has 0 atom stereocenters. The van der Waals surface area contributed by atoms with E-state index in [4.69, 9.17) is 16.7 Å². The average Bonchev–Trinajstić information content (AvgIpc) is 2.57. The Morgan fingerprint density at radius 2 is 2.38 bits per heavy atom. The van der Waals surface area contributed by atoms with Gasteiger partial charge in [0.15, 0.2) is 5.82 Å². The predicted molar refractivity (Wildman–Crippen MR) is 61.4 cm³/mol. The average molecular weight is 240 g/mol. The van der Waals surface area contributed by atoms with Gasteiger partial charge in [0, 0.05) is 7.05 Å². The van der Waals surface area contributed by atoms with Crippen molar-refractivity contribution in [2.45, 2.75) is 0 Å². The Hall–Kier alpha value is -1.59. The molecule has 0 aliphatic carbocycles. The van der Waals surface area contributed by atoms with E-state index in [0.717, 1.165) is 5.52 Å². The van der Waals surface area contributed by atoms with Crippen LogP contribution >= 0.6 is 11.6 Å². The van der Waals surface area contributed by atoms with E-state index in [-0.39, 0.29) is 0 Å². The predicted octanol–water partition coefficient (Wildman–Crippen LogP) is 1.16. The topological polar surface area (TPSA) is 67.2 Å². The second-order valence-electron chi connectivity index (χ2n) is 3.31. The molecule has 0 saturated heterocycles. The number of hydrogen-bond donors (Lipinski definition) is 2. The van der Waals surface area contributed by atoms with Crippen molar-refractivity contribution in [1.82, 2.24) is 9.78 Å². The molecule has 0 spiro atoms. The van der Waals surface area contributed by atoms with E-state index in [1.54, 1.807) is 17.8 Å². The highest BCUT2D eigenvalue weighted by molar-refractivity contribution is 6.36. The largest absolute Gasteiger partial charge is 0.387 e. The zero-order valence-corrected chi connectivity index (χ0v) is 9.32. The number of carbonyl (C=O) groups is 1. The van der Waals surface area contributed by atoms with Crippen LogP contribution in [0.3, 0.4) is 0 Å². The van der Waals surface area contributed by atoms with Gasteiger partial charge in [0.25, 0.3) is 5.91 Å². The summed E-state index contributed by atoms with van der Waals surface area (Å²) in [5.74, 6) is -0.151. The lowest BCUT2D eigenvalue weighted by molar-refractivity contribution is -0.118. The number of hydrogen-bond acceptors (Lipinski definition) is 3. The Bertz CT molecular complexity index is 550. The number of nitrogens with one attached hydrogen (secondary N) is 1. The number of aromatic nitrogens is 2. The molecule has 0 saturated carbocycles. The number of carbonyl (C=O) groups excluding carboxylic acids is 1. The van der Waals surface area contributed by atoms with Gasteiger partial charge in [-0.3, -0.25) is 9.48 Å². The fourth-order valence-electron chi connectivity index (χ4n) is 1.53. The second kappa shape index (κ2) is 4.11. The molecular weight excluding hydrogens is 230 g/mol. The van der Waals surface area contributed by atoms with Crippen LogP contribution in [0.25, 0.3) is 10.9 Å². The molecule has 0 radical (unpaired) electrons. The SMILES string of the molecule is Cn1nc(NC(=O)CO)c2c(Cl)cccc21. The minimum atomic E-state index is -0.581. The number of fused-ring (bicyclic) bond motifs is 1. The molecule has 6 heteroatoms. The summed E-state index contributed by atoms with van der Waals surface area (Å²) < 4.78 is 1.62. The lowest BCUT2D eigenvalue weighted by Gasteiger charge is -1.99. The number of amides is 1. The Morgan fingerprint density at radius 1 is 1.62 bits per heavy atom. The third kappa shape index (κ3) is 1.75. The van der Waals surface area contributed by atoms with Crippen molar-refractivity contribution in [3.05, 3.63) is 23.2 Å². The molecule has 1 aromatic heterocycles. The molecule has 84 valence electrons. The van der Waals surface area contributed by atoms with Crippen LogP contribution < -0.4 is 5.32 Å². The van der Waals surface area contributed by atoms with E-state index in [9.17, 15) is 4.79 Å². The van der Waals surface area contributed by atoms with Crippen LogP contribution in [0.2, 0.25) is 5.02 Å². The summed E-state index contributed by atoms with van der Waals surface area (Å²) in [5, 5.41) is 16.5. The van der Waals surface area contributed by atoms with Crippen LogP contribution in [0.5, 0.6) is 0 Å². The molecule has 0 unspecified atom stereocenters. The third-order valence-electron chi connectivity index (χ3n) is 2.23. The first kappa shape index (κ1) is 10.9. The van der Waals surface area contributed by atoms with Gasteiger partial charge in [-0.05, 0) is 12.1 Å². The standard InChI is InChI=1S/C10H10ClN3O2/c1-14-7-4-2-3-6(11)9(7)10(13-14)12-8(16)5-15/h2-4,15H,5H2,1H3,(H,12,13,16). The van der Waals surface area contributed by atoms with E-state index in [1.165, 1.54) is 0 Å². The molecule has 2 aromatic rings. The third-order valence-corrected chi connectivity index (χ3v) is 2.54. The quantitative estimate of drug-likeness (QED) is 0.826. The van der Waals surface area contributed by atoms with Crippen LogP contribution in [0.1, 0.15) is 0 Å². The first-order chi connectivity index (χ1) is 7.63. The molecule has 16 heavy (non-hydrogen) atoms. The molecule has 0 bridgehead atoms. The summed E-state index contributed by atoms with van der Waals surface area (Å²) in [5.41, 5.74) is 0.820. The normalized spacial score (nSPS) is 10.7. The number of benzene rings is 1. The number of anilines is 1. The first-order valence-electron chi connectivity index (χ1n) is 4.65. The van der Waals surface area contributed by atoms with Crippen molar-refractivity contribution < 1.29 is 9.90 Å². The van der Waals surface area contributed by atoms with Crippen molar-refractivity contribution in [1.29, 1.82) is 0 Å². The molecule has 1 heterocycles. The molecule has 0 aliphatic rings. The maximum Gasteiger partial charge on any atom is 0.251 e. The fraction of sp³-hybridized carbons (Fsp3) is 0.200. The van der Waals surface area contributed by atoms with Gasteiger partial charge in [-0.25, -0.2) is 0 Å². The number of aliphatic hydroxyl groups excluding tert-OH is 1. The van der Waals surface area contributed by atoms with E-state index in [0.29, 0.717) is 16.2 Å². The molecular formula is C10H10ClN3O2. The minimum Gasteiger partial charge on any atom is -0.387 e.